The molecule has 0 atom stereocenters. The molecule has 0 saturated carbocycles. The van der Waals surface area contributed by atoms with Gasteiger partial charge in [0, 0.05) is 18.0 Å². The van der Waals surface area contributed by atoms with Crippen LogP contribution in [0.4, 0.5) is 0 Å². The van der Waals surface area contributed by atoms with Gasteiger partial charge in [-0.2, -0.15) is 0 Å². The Morgan fingerprint density at radius 3 is 3.08 bits per heavy atom. The number of nitrogens with one attached hydrogen (secondary N) is 1. The van der Waals surface area contributed by atoms with E-state index in [0.29, 0.717) is 6.61 Å². The zero-order valence-corrected chi connectivity index (χ0v) is 6.91. The minimum absolute atomic E-state index is 0.319. The zero-order chi connectivity index (χ0) is 8.81. The summed E-state index contributed by atoms with van der Waals surface area (Å²) >= 11 is 0. The van der Waals surface area contributed by atoms with E-state index in [2.05, 4.69) is 5.32 Å². The van der Waals surface area contributed by atoms with Gasteiger partial charge in [0.1, 0.15) is 0 Å². The molecule has 0 bridgehead atoms. The quantitative estimate of drug-likeness (QED) is 0.492. The molecule has 0 aromatic carbocycles. The van der Waals surface area contributed by atoms with Gasteiger partial charge in [0.2, 0.25) is 0 Å². The van der Waals surface area contributed by atoms with Crippen molar-refractivity contribution in [1.29, 1.82) is 0 Å². The summed E-state index contributed by atoms with van der Waals surface area (Å²) in [6.45, 7) is 2.18. The van der Waals surface area contributed by atoms with Crippen LogP contribution in [0.15, 0.2) is 36.2 Å². The molecule has 0 radical (unpaired) electrons. The third-order valence-electron chi connectivity index (χ3n) is 1.29. The molecule has 0 aromatic rings. The van der Waals surface area contributed by atoms with E-state index in [9.17, 15) is 4.79 Å². The molecule has 0 unspecified atom stereocenters. The molecular weight excluding hydrogens is 154 g/mol. The van der Waals surface area contributed by atoms with Gasteiger partial charge in [-0.3, -0.25) is 0 Å². The Bertz CT molecular complexity index is 251. The lowest BCUT2D eigenvalue weighted by Gasteiger charge is -2.04. The Morgan fingerprint density at radius 1 is 1.67 bits per heavy atom. The van der Waals surface area contributed by atoms with Gasteiger partial charge in [-0.25, -0.2) is 4.79 Å². The monoisotopic (exact) mass is 165 g/mol. The average molecular weight is 165 g/mol. The third-order valence-corrected chi connectivity index (χ3v) is 1.29. The lowest BCUT2D eigenvalue weighted by Crippen LogP contribution is -2.09. The van der Waals surface area contributed by atoms with E-state index in [1.54, 1.807) is 19.2 Å². The largest absolute Gasteiger partial charge is 0.463 e. The van der Waals surface area contributed by atoms with Gasteiger partial charge in [0.25, 0.3) is 0 Å². The van der Waals surface area contributed by atoms with Gasteiger partial charge < -0.3 is 10.1 Å². The molecule has 0 amide bonds. The molecule has 0 aliphatic carbocycles. The average Bonchev–Trinajstić information content (AvgIpc) is 2.06. The number of hydrogen-bond donors (Lipinski definition) is 1. The van der Waals surface area contributed by atoms with Crippen molar-refractivity contribution in [2.24, 2.45) is 0 Å². The SMILES string of the molecule is CCOC(=O)/C=C1\C=CC=CN1. The fourth-order valence-corrected chi connectivity index (χ4v) is 0.808. The number of ether oxygens (including phenoxy) is 1. The van der Waals surface area contributed by atoms with Crippen LogP contribution in [0.25, 0.3) is 0 Å². The smallest absolute Gasteiger partial charge is 0.332 e. The highest BCUT2D eigenvalue weighted by Crippen LogP contribution is 1.98. The first-order valence-corrected chi connectivity index (χ1v) is 3.81. The normalized spacial score (nSPS) is 17.6. The summed E-state index contributed by atoms with van der Waals surface area (Å²) in [6, 6.07) is 0. The number of esters is 1. The predicted octanol–water partition coefficient (Wildman–Crippen LogP) is 1.11. The second-order valence-corrected chi connectivity index (χ2v) is 2.21. The molecule has 1 aliphatic rings. The molecule has 1 heterocycles. The Kier molecular flexibility index (Phi) is 3.14. The molecule has 0 aromatic heterocycles. The summed E-state index contributed by atoms with van der Waals surface area (Å²) in [6.07, 6.45) is 8.68. The first kappa shape index (κ1) is 8.59. The van der Waals surface area contributed by atoms with Gasteiger partial charge >= 0.3 is 5.97 Å². The lowest BCUT2D eigenvalue weighted by atomic mass is 10.3. The molecule has 3 heteroatoms. The van der Waals surface area contributed by atoms with E-state index in [-0.39, 0.29) is 5.97 Å². The van der Waals surface area contributed by atoms with Crippen LogP contribution in [0.2, 0.25) is 0 Å². The topological polar surface area (TPSA) is 38.3 Å². The minimum Gasteiger partial charge on any atom is -0.463 e. The molecule has 0 fully saturated rings. The molecule has 1 N–H and O–H groups in total. The van der Waals surface area contributed by atoms with Gasteiger partial charge in [-0.05, 0) is 19.1 Å². The second-order valence-electron chi connectivity index (χ2n) is 2.21. The molecule has 3 nitrogen and oxygen atoms in total. The fourth-order valence-electron chi connectivity index (χ4n) is 0.808. The Morgan fingerprint density at radius 2 is 2.50 bits per heavy atom. The van der Waals surface area contributed by atoms with Crippen molar-refractivity contribution in [1.82, 2.24) is 5.32 Å². The molecule has 1 aliphatic heterocycles. The number of allylic oxidation sites excluding steroid dienone is 3. The standard InChI is InChI=1S/C9H11NO2/c1-2-12-9(11)7-8-5-3-4-6-10-8/h3-7,10H,2H2,1H3/b8-7+. The summed E-state index contributed by atoms with van der Waals surface area (Å²) in [4.78, 5) is 10.9. The predicted molar refractivity (Wildman–Crippen MR) is 46.1 cm³/mol. The molecule has 1 rings (SSSR count). The third kappa shape index (κ3) is 2.62. The number of hydrogen-bond acceptors (Lipinski definition) is 3. The van der Waals surface area contributed by atoms with Crippen molar-refractivity contribution in [3.05, 3.63) is 36.2 Å². The van der Waals surface area contributed by atoms with Crippen molar-refractivity contribution in [3.63, 3.8) is 0 Å². The highest BCUT2D eigenvalue weighted by Gasteiger charge is 1.98. The van der Waals surface area contributed by atoms with Gasteiger partial charge in [-0.1, -0.05) is 6.08 Å². The summed E-state index contributed by atoms with van der Waals surface area (Å²) in [7, 11) is 0. The van der Waals surface area contributed by atoms with Crippen LogP contribution in [0.3, 0.4) is 0 Å². The number of carbonyl (C=O) groups excluding carboxylic acids is 1. The van der Waals surface area contributed by atoms with Crippen LogP contribution in [-0.4, -0.2) is 12.6 Å². The zero-order valence-electron chi connectivity index (χ0n) is 6.91. The Hall–Kier alpha value is -1.51. The molecule has 0 spiro atoms. The van der Waals surface area contributed by atoms with E-state index in [0.717, 1.165) is 5.70 Å². The molecule has 12 heavy (non-hydrogen) atoms. The van der Waals surface area contributed by atoms with Crippen LogP contribution in [0.1, 0.15) is 6.92 Å². The molecule has 0 saturated heterocycles. The summed E-state index contributed by atoms with van der Waals surface area (Å²) in [5.74, 6) is -0.319. The van der Waals surface area contributed by atoms with E-state index < -0.39 is 0 Å². The van der Waals surface area contributed by atoms with E-state index in [1.165, 1.54) is 6.08 Å². The number of carbonyl (C=O) groups is 1. The highest BCUT2D eigenvalue weighted by molar-refractivity contribution is 5.83. The van der Waals surface area contributed by atoms with Gasteiger partial charge in [-0.15, -0.1) is 0 Å². The van der Waals surface area contributed by atoms with E-state index in [4.69, 9.17) is 4.74 Å². The first-order valence-electron chi connectivity index (χ1n) is 3.81. The van der Waals surface area contributed by atoms with Crippen molar-refractivity contribution in [3.8, 4) is 0 Å². The van der Waals surface area contributed by atoms with Gasteiger partial charge in [0.15, 0.2) is 0 Å². The van der Waals surface area contributed by atoms with Crippen molar-refractivity contribution >= 4 is 5.97 Å². The maximum absolute atomic E-state index is 10.9. The van der Waals surface area contributed by atoms with Crippen molar-refractivity contribution in [2.75, 3.05) is 6.61 Å². The summed E-state index contributed by atoms with van der Waals surface area (Å²) in [5.41, 5.74) is 0.746. The maximum atomic E-state index is 10.9. The van der Waals surface area contributed by atoms with E-state index >= 15 is 0 Å². The fraction of sp³-hybridized carbons (Fsp3) is 0.222. The summed E-state index contributed by atoms with van der Waals surface area (Å²) < 4.78 is 4.73. The Balaban J connectivity index is 2.51. The number of dihydropyridines is 1. The maximum Gasteiger partial charge on any atom is 0.332 e. The van der Waals surface area contributed by atoms with Crippen LogP contribution in [0.5, 0.6) is 0 Å². The van der Waals surface area contributed by atoms with Crippen molar-refractivity contribution in [2.45, 2.75) is 6.92 Å². The van der Waals surface area contributed by atoms with Crippen LogP contribution in [-0.2, 0) is 9.53 Å². The molecular formula is C9H11NO2. The van der Waals surface area contributed by atoms with Gasteiger partial charge in [0.05, 0.1) is 6.61 Å². The molecule has 64 valence electrons. The van der Waals surface area contributed by atoms with E-state index in [1.807, 2.05) is 12.2 Å². The summed E-state index contributed by atoms with van der Waals surface area (Å²) in [5, 5.41) is 2.90. The lowest BCUT2D eigenvalue weighted by molar-refractivity contribution is -0.137. The Labute approximate surface area is 71.4 Å². The number of rotatable bonds is 2. The van der Waals surface area contributed by atoms with Crippen LogP contribution in [0, 0.1) is 0 Å². The minimum atomic E-state index is -0.319. The van der Waals surface area contributed by atoms with Crippen LogP contribution < -0.4 is 5.32 Å². The van der Waals surface area contributed by atoms with Crippen molar-refractivity contribution < 1.29 is 9.53 Å². The first-order chi connectivity index (χ1) is 5.83. The van der Waals surface area contributed by atoms with Crippen LogP contribution >= 0.6 is 0 Å². The highest BCUT2D eigenvalue weighted by atomic mass is 16.5. The second kappa shape index (κ2) is 4.38.